The maximum atomic E-state index is 12.8. The molecule has 1 saturated carbocycles. The molecule has 4 amide bonds. The summed E-state index contributed by atoms with van der Waals surface area (Å²) in [6.07, 6.45) is 5.02. The fraction of sp³-hybridized carbons (Fsp3) is 0.526. The van der Waals surface area contributed by atoms with Gasteiger partial charge in [-0.05, 0) is 43.4 Å². The van der Waals surface area contributed by atoms with Crippen molar-refractivity contribution >= 4 is 23.5 Å². The molecule has 3 fully saturated rings. The number of anilines is 1. The highest BCUT2D eigenvalue weighted by molar-refractivity contribution is 6.03. The zero-order valence-corrected chi connectivity index (χ0v) is 14.7. The maximum Gasteiger partial charge on any atom is 0.325 e. The minimum absolute atomic E-state index is 0.132. The third-order valence-electron chi connectivity index (χ3n) is 6.27. The first-order chi connectivity index (χ1) is 12.4. The van der Waals surface area contributed by atoms with Crippen molar-refractivity contribution in [1.82, 2.24) is 4.90 Å². The molecular weight excluding hydrogens is 332 g/mol. The van der Waals surface area contributed by atoms with E-state index < -0.39 is 11.9 Å². The Morgan fingerprint density at radius 2 is 1.81 bits per heavy atom. The summed E-state index contributed by atoms with van der Waals surface area (Å²) in [7, 11) is 0. The first-order valence-electron chi connectivity index (χ1n) is 9.21. The molecule has 26 heavy (non-hydrogen) atoms. The van der Waals surface area contributed by atoms with Crippen molar-refractivity contribution in [3.05, 3.63) is 29.8 Å². The van der Waals surface area contributed by atoms with Crippen molar-refractivity contribution in [2.24, 2.45) is 11.5 Å². The highest BCUT2D eigenvalue weighted by atomic mass is 16.2. The second kappa shape index (κ2) is 6.00. The number of hydrogen-bond acceptors (Lipinski definition) is 3. The van der Waals surface area contributed by atoms with E-state index in [4.69, 9.17) is 11.5 Å². The molecule has 0 aromatic heterocycles. The van der Waals surface area contributed by atoms with Crippen LogP contribution in [0.25, 0.3) is 0 Å². The van der Waals surface area contributed by atoms with E-state index in [0.29, 0.717) is 18.7 Å². The molecule has 138 valence electrons. The molecule has 1 aromatic rings. The molecule has 2 aliphatic heterocycles. The second-order valence-electron chi connectivity index (χ2n) is 7.73. The minimum atomic E-state index is -0.626. The van der Waals surface area contributed by atoms with Gasteiger partial charge in [-0.1, -0.05) is 18.6 Å². The molecule has 2 atom stereocenters. The number of urea groups is 1. The molecule has 0 spiro atoms. The number of nitrogens with two attached hydrogens (primary N) is 2. The van der Waals surface area contributed by atoms with Crippen molar-refractivity contribution < 1.29 is 14.4 Å². The number of amides is 4. The lowest BCUT2D eigenvalue weighted by Gasteiger charge is -2.42. The highest BCUT2D eigenvalue weighted by Crippen LogP contribution is 2.47. The number of primary amides is 2. The first-order valence-corrected chi connectivity index (χ1v) is 9.21. The molecule has 1 aromatic carbocycles. The summed E-state index contributed by atoms with van der Waals surface area (Å²) in [5, 5.41) is 0. The molecule has 0 bridgehead atoms. The smallest absolute Gasteiger partial charge is 0.325 e. The van der Waals surface area contributed by atoms with Crippen LogP contribution in [0.4, 0.5) is 10.5 Å². The van der Waals surface area contributed by atoms with Gasteiger partial charge in [0, 0.05) is 24.1 Å². The molecule has 1 unspecified atom stereocenters. The fourth-order valence-corrected chi connectivity index (χ4v) is 4.86. The number of fused-ring (bicyclic) bond motifs is 1. The number of carbonyl (C=O) groups excluding carboxylic acids is 3. The Morgan fingerprint density at radius 1 is 1.12 bits per heavy atom. The number of hydrogen-bond donors (Lipinski definition) is 2. The number of carbonyl (C=O) groups is 3. The fourth-order valence-electron chi connectivity index (χ4n) is 4.86. The van der Waals surface area contributed by atoms with Gasteiger partial charge in [-0.25, -0.2) is 4.79 Å². The number of benzene rings is 1. The third-order valence-corrected chi connectivity index (χ3v) is 6.27. The van der Waals surface area contributed by atoms with Crippen LogP contribution in [0.15, 0.2) is 24.3 Å². The first kappa shape index (κ1) is 16.9. The SMILES string of the molecule is NC(=O)CC1(c2ccc(N3C(=O)N4CCC[C@@H]4C3C(N)=O)cc2)CCC1. The maximum absolute atomic E-state index is 12.8. The second-order valence-corrected chi connectivity index (χ2v) is 7.73. The summed E-state index contributed by atoms with van der Waals surface area (Å²) < 4.78 is 0. The molecule has 0 radical (unpaired) electrons. The van der Waals surface area contributed by atoms with Crippen molar-refractivity contribution in [3.63, 3.8) is 0 Å². The van der Waals surface area contributed by atoms with Gasteiger partial charge in [-0.15, -0.1) is 0 Å². The Hall–Kier alpha value is -2.57. The molecule has 1 aliphatic carbocycles. The van der Waals surface area contributed by atoms with Gasteiger partial charge in [0.1, 0.15) is 6.04 Å². The van der Waals surface area contributed by atoms with Crippen LogP contribution in [0.1, 0.15) is 44.1 Å². The molecule has 4 rings (SSSR count). The average molecular weight is 356 g/mol. The van der Waals surface area contributed by atoms with Crippen LogP contribution in [0, 0.1) is 0 Å². The van der Waals surface area contributed by atoms with Crippen molar-refractivity contribution in [2.75, 3.05) is 11.4 Å². The molecular formula is C19H24N4O3. The van der Waals surface area contributed by atoms with Crippen LogP contribution in [0.3, 0.4) is 0 Å². The van der Waals surface area contributed by atoms with Gasteiger partial charge in [-0.2, -0.15) is 0 Å². The van der Waals surface area contributed by atoms with Gasteiger partial charge in [0.2, 0.25) is 11.8 Å². The monoisotopic (exact) mass is 356 g/mol. The molecule has 2 heterocycles. The normalized spacial score (nSPS) is 26.5. The Kier molecular flexibility index (Phi) is 3.89. The summed E-state index contributed by atoms with van der Waals surface area (Å²) in [5.74, 6) is -0.765. The molecule has 7 heteroatoms. The Labute approximate surface area is 152 Å². The molecule has 3 aliphatic rings. The van der Waals surface area contributed by atoms with E-state index in [1.807, 2.05) is 24.3 Å². The molecule has 4 N–H and O–H groups in total. The third kappa shape index (κ3) is 2.45. The summed E-state index contributed by atoms with van der Waals surface area (Å²) >= 11 is 0. The zero-order valence-electron chi connectivity index (χ0n) is 14.7. The van der Waals surface area contributed by atoms with Crippen molar-refractivity contribution in [2.45, 2.75) is 56.0 Å². The van der Waals surface area contributed by atoms with E-state index in [0.717, 1.165) is 37.7 Å². The van der Waals surface area contributed by atoms with Crippen LogP contribution in [0.5, 0.6) is 0 Å². The van der Waals surface area contributed by atoms with Gasteiger partial charge >= 0.3 is 6.03 Å². The van der Waals surface area contributed by atoms with E-state index in [-0.39, 0.29) is 23.4 Å². The summed E-state index contributed by atoms with van der Waals surface area (Å²) in [4.78, 5) is 39.5. The lowest BCUT2D eigenvalue weighted by Crippen LogP contribution is -2.46. The predicted molar refractivity (Wildman–Crippen MR) is 96.4 cm³/mol. The Morgan fingerprint density at radius 3 is 2.35 bits per heavy atom. The summed E-state index contributed by atoms with van der Waals surface area (Å²) in [5.41, 5.74) is 12.6. The van der Waals surface area contributed by atoms with Gasteiger partial charge in [0.05, 0.1) is 6.04 Å². The van der Waals surface area contributed by atoms with Crippen molar-refractivity contribution in [1.29, 1.82) is 0 Å². The van der Waals surface area contributed by atoms with Gasteiger partial charge in [0.25, 0.3) is 0 Å². The van der Waals surface area contributed by atoms with Crippen LogP contribution in [-0.2, 0) is 15.0 Å². The predicted octanol–water partition coefficient (Wildman–Crippen LogP) is 1.24. The standard InChI is InChI=1S/C19H24N4O3/c20-15(24)11-19(8-2-9-19)12-4-6-13(7-5-12)23-16(17(21)25)14-3-1-10-22(14)18(23)26/h4-7,14,16H,1-3,8-11H2,(H2,20,24)(H2,21,25)/t14-,16?/m1/s1. The number of nitrogens with zero attached hydrogens (tertiary/aromatic N) is 2. The van der Waals surface area contributed by atoms with E-state index in [9.17, 15) is 14.4 Å². The molecule has 7 nitrogen and oxygen atoms in total. The van der Waals surface area contributed by atoms with Gasteiger partial charge in [-0.3, -0.25) is 14.5 Å². The topological polar surface area (TPSA) is 110 Å². The Balaban J connectivity index is 1.63. The zero-order chi connectivity index (χ0) is 18.5. The van der Waals surface area contributed by atoms with E-state index >= 15 is 0 Å². The lowest BCUT2D eigenvalue weighted by atomic mass is 9.62. The largest absolute Gasteiger partial charge is 0.370 e. The van der Waals surface area contributed by atoms with E-state index in [1.54, 1.807) is 4.90 Å². The summed E-state index contributed by atoms with van der Waals surface area (Å²) in [6, 6.07) is 6.70. The van der Waals surface area contributed by atoms with E-state index in [1.165, 1.54) is 4.90 Å². The summed E-state index contributed by atoms with van der Waals surface area (Å²) in [6.45, 7) is 0.670. The highest BCUT2D eigenvalue weighted by Gasteiger charge is 2.51. The lowest BCUT2D eigenvalue weighted by molar-refractivity contribution is -0.120. The van der Waals surface area contributed by atoms with Crippen LogP contribution in [0.2, 0.25) is 0 Å². The van der Waals surface area contributed by atoms with Gasteiger partial charge in [0.15, 0.2) is 0 Å². The van der Waals surface area contributed by atoms with Crippen LogP contribution in [-0.4, -0.2) is 41.4 Å². The quantitative estimate of drug-likeness (QED) is 0.828. The van der Waals surface area contributed by atoms with Gasteiger partial charge < -0.3 is 16.4 Å². The van der Waals surface area contributed by atoms with Crippen LogP contribution < -0.4 is 16.4 Å². The number of rotatable bonds is 5. The van der Waals surface area contributed by atoms with Crippen LogP contribution >= 0.6 is 0 Å². The Bertz CT molecular complexity index is 757. The van der Waals surface area contributed by atoms with E-state index in [2.05, 4.69) is 0 Å². The average Bonchev–Trinajstić information content (AvgIpc) is 3.13. The minimum Gasteiger partial charge on any atom is -0.370 e. The van der Waals surface area contributed by atoms with Crippen molar-refractivity contribution in [3.8, 4) is 0 Å². The molecule has 2 saturated heterocycles.